The summed E-state index contributed by atoms with van der Waals surface area (Å²) in [5.74, 6) is 0. The molecule has 0 amide bonds. The first-order valence-corrected chi connectivity index (χ1v) is 14.4. The Bertz CT molecular complexity index is 1370. The van der Waals surface area contributed by atoms with Gasteiger partial charge in [0.1, 0.15) is 24.4 Å². The summed E-state index contributed by atoms with van der Waals surface area (Å²) in [6, 6.07) is 35.6. The van der Waals surface area contributed by atoms with Gasteiger partial charge in [-0.25, -0.2) is 0 Å². The molecule has 4 aromatic rings. The van der Waals surface area contributed by atoms with Crippen LogP contribution in [0.1, 0.15) is 52.1 Å². The van der Waals surface area contributed by atoms with E-state index in [0.29, 0.717) is 36.8 Å². The number of benzene rings is 4. The standard InChI is InChI=1S/C35H35ClO5/c1-2-31-33(38-22-25-12-6-3-7-13-25)35(40-24-27-16-10-5-11-17-27)34(39-23-26-14-8-4-9-15-26)32(41-31)28-18-19-30(36)29(20-28)21-37/h3-21,31-35H,2,22-24H2,1H3/t31-,32+,33-,34+,35+/m1/s1. The van der Waals surface area contributed by atoms with E-state index in [1.807, 2.05) is 97.1 Å². The molecule has 5 nitrogen and oxygen atoms in total. The van der Waals surface area contributed by atoms with Gasteiger partial charge in [0, 0.05) is 5.56 Å². The average molecular weight is 571 g/mol. The van der Waals surface area contributed by atoms with Gasteiger partial charge in [-0.1, -0.05) is 116 Å². The number of rotatable bonds is 12. The van der Waals surface area contributed by atoms with Gasteiger partial charge < -0.3 is 18.9 Å². The maximum atomic E-state index is 11.8. The van der Waals surface area contributed by atoms with Crippen molar-refractivity contribution < 1.29 is 23.7 Å². The van der Waals surface area contributed by atoms with Crippen molar-refractivity contribution in [1.29, 1.82) is 0 Å². The Morgan fingerprint density at radius 3 is 1.66 bits per heavy atom. The van der Waals surface area contributed by atoms with Crippen LogP contribution >= 0.6 is 11.6 Å². The molecule has 0 bridgehead atoms. The lowest BCUT2D eigenvalue weighted by Crippen LogP contribution is -2.57. The fraction of sp³-hybridized carbons (Fsp3) is 0.286. The number of aldehydes is 1. The number of hydrogen-bond donors (Lipinski definition) is 0. The average Bonchev–Trinajstić information content (AvgIpc) is 3.03. The van der Waals surface area contributed by atoms with Gasteiger partial charge in [0.05, 0.1) is 30.9 Å². The fourth-order valence-electron chi connectivity index (χ4n) is 5.21. The van der Waals surface area contributed by atoms with Crippen LogP contribution in [0.3, 0.4) is 0 Å². The Morgan fingerprint density at radius 1 is 0.683 bits per heavy atom. The van der Waals surface area contributed by atoms with E-state index in [2.05, 4.69) is 6.92 Å². The maximum absolute atomic E-state index is 11.8. The number of carbonyl (C=O) groups excluding carboxylic acids is 1. The molecular formula is C35H35ClO5. The first-order valence-electron chi connectivity index (χ1n) is 14.0. The number of halogens is 1. The van der Waals surface area contributed by atoms with Crippen molar-refractivity contribution in [3.8, 4) is 0 Å². The maximum Gasteiger partial charge on any atom is 0.151 e. The number of hydrogen-bond acceptors (Lipinski definition) is 5. The number of ether oxygens (including phenoxy) is 4. The minimum absolute atomic E-state index is 0.267. The molecular weight excluding hydrogens is 536 g/mol. The Labute approximate surface area is 247 Å². The third-order valence-corrected chi connectivity index (χ3v) is 7.71. The van der Waals surface area contributed by atoms with Crippen molar-refractivity contribution in [3.63, 3.8) is 0 Å². The summed E-state index contributed by atoms with van der Waals surface area (Å²) in [6.45, 7) is 3.26. The SMILES string of the molecule is CC[C@H]1O[C@@H](c2ccc(Cl)c(C=O)c2)[C@H](OCc2ccccc2)[C@@H](OCc2ccccc2)[C@@H]1OCc1ccccc1. The van der Waals surface area contributed by atoms with E-state index in [9.17, 15) is 4.79 Å². The minimum Gasteiger partial charge on any atom is -0.368 e. The third-order valence-electron chi connectivity index (χ3n) is 7.37. The molecule has 0 unspecified atom stereocenters. The molecule has 0 N–H and O–H groups in total. The summed E-state index contributed by atoms with van der Waals surface area (Å²) in [4.78, 5) is 11.8. The van der Waals surface area contributed by atoms with E-state index < -0.39 is 24.4 Å². The Hall–Kier alpha value is -3.32. The van der Waals surface area contributed by atoms with Crippen LogP contribution in [-0.2, 0) is 38.8 Å². The summed E-state index contributed by atoms with van der Waals surface area (Å²) in [5.41, 5.74) is 4.38. The normalized spacial score (nSPS) is 22.3. The lowest BCUT2D eigenvalue weighted by atomic mass is 9.89. The van der Waals surface area contributed by atoms with E-state index >= 15 is 0 Å². The van der Waals surface area contributed by atoms with Crippen LogP contribution in [0.5, 0.6) is 0 Å². The van der Waals surface area contributed by atoms with Crippen molar-refractivity contribution in [2.75, 3.05) is 0 Å². The van der Waals surface area contributed by atoms with Gasteiger partial charge in [-0.3, -0.25) is 4.79 Å². The molecule has 41 heavy (non-hydrogen) atoms. The first kappa shape index (κ1) is 29.2. The van der Waals surface area contributed by atoms with Crippen LogP contribution < -0.4 is 0 Å². The summed E-state index contributed by atoms with van der Waals surface area (Å²) >= 11 is 6.29. The zero-order chi connectivity index (χ0) is 28.4. The predicted molar refractivity (Wildman–Crippen MR) is 160 cm³/mol. The fourth-order valence-corrected chi connectivity index (χ4v) is 5.38. The molecule has 0 spiro atoms. The van der Waals surface area contributed by atoms with E-state index in [0.717, 1.165) is 28.5 Å². The molecule has 1 aliphatic heterocycles. The van der Waals surface area contributed by atoms with Crippen LogP contribution in [0.2, 0.25) is 5.02 Å². The van der Waals surface area contributed by atoms with Crippen molar-refractivity contribution in [1.82, 2.24) is 0 Å². The highest BCUT2D eigenvalue weighted by Gasteiger charge is 2.48. The summed E-state index contributed by atoms with van der Waals surface area (Å²) in [6.07, 6.45) is -0.668. The highest BCUT2D eigenvalue weighted by Crippen LogP contribution is 2.40. The second-order valence-corrected chi connectivity index (χ2v) is 10.6. The highest BCUT2D eigenvalue weighted by atomic mass is 35.5. The topological polar surface area (TPSA) is 54.0 Å². The van der Waals surface area contributed by atoms with Crippen LogP contribution in [-0.4, -0.2) is 30.7 Å². The Balaban J connectivity index is 1.51. The predicted octanol–water partition coefficient (Wildman–Crippen LogP) is 7.76. The van der Waals surface area contributed by atoms with E-state index in [-0.39, 0.29) is 6.10 Å². The molecule has 5 rings (SSSR count). The van der Waals surface area contributed by atoms with Gasteiger partial charge in [0.25, 0.3) is 0 Å². The van der Waals surface area contributed by atoms with Gasteiger partial charge in [0.15, 0.2) is 6.29 Å². The first-order chi connectivity index (χ1) is 20.2. The molecule has 212 valence electrons. The lowest BCUT2D eigenvalue weighted by Gasteiger charge is -2.46. The van der Waals surface area contributed by atoms with E-state index in [1.165, 1.54) is 0 Å². The quantitative estimate of drug-likeness (QED) is 0.163. The summed E-state index contributed by atoms with van der Waals surface area (Å²) in [7, 11) is 0. The van der Waals surface area contributed by atoms with Gasteiger partial charge in [-0.2, -0.15) is 0 Å². The Morgan fingerprint density at radius 2 is 1.17 bits per heavy atom. The molecule has 0 aromatic heterocycles. The molecule has 1 saturated heterocycles. The van der Waals surface area contributed by atoms with Crippen LogP contribution in [0.4, 0.5) is 0 Å². The molecule has 1 fully saturated rings. The molecule has 1 aliphatic rings. The van der Waals surface area contributed by atoms with E-state index in [1.54, 1.807) is 12.1 Å². The molecule has 0 radical (unpaired) electrons. The second kappa shape index (κ2) is 14.5. The molecule has 1 heterocycles. The molecule has 6 heteroatoms. The molecule has 4 aromatic carbocycles. The van der Waals surface area contributed by atoms with E-state index in [4.69, 9.17) is 30.5 Å². The van der Waals surface area contributed by atoms with Crippen LogP contribution in [0.25, 0.3) is 0 Å². The Kier molecular flexibility index (Phi) is 10.3. The van der Waals surface area contributed by atoms with Crippen LogP contribution in [0.15, 0.2) is 109 Å². The zero-order valence-corrected chi connectivity index (χ0v) is 23.9. The van der Waals surface area contributed by atoms with Gasteiger partial charge in [-0.15, -0.1) is 0 Å². The minimum atomic E-state index is -0.525. The van der Waals surface area contributed by atoms with Gasteiger partial charge >= 0.3 is 0 Å². The van der Waals surface area contributed by atoms with Crippen molar-refractivity contribution in [3.05, 3.63) is 142 Å². The monoisotopic (exact) mass is 570 g/mol. The molecule has 5 atom stereocenters. The number of carbonyl (C=O) groups is 1. The zero-order valence-electron chi connectivity index (χ0n) is 23.1. The molecule has 0 aliphatic carbocycles. The van der Waals surface area contributed by atoms with Crippen molar-refractivity contribution in [2.45, 2.75) is 63.7 Å². The highest BCUT2D eigenvalue weighted by molar-refractivity contribution is 6.32. The smallest absolute Gasteiger partial charge is 0.151 e. The summed E-state index contributed by atoms with van der Waals surface area (Å²) in [5, 5.41) is 0.398. The largest absolute Gasteiger partial charge is 0.368 e. The molecule has 0 saturated carbocycles. The van der Waals surface area contributed by atoms with Crippen molar-refractivity contribution >= 4 is 17.9 Å². The lowest BCUT2D eigenvalue weighted by molar-refractivity contribution is -0.267. The second-order valence-electron chi connectivity index (χ2n) is 10.2. The van der Waals surface area contributed by atoms with Gasteiger partial charge in [-0.05, 0) is 40.8 Å². The van der Waals surface area contributed by atoms with Crippen molar-refractivity contribution in [2.24, 2.45) is 0 Å². The third kappa shape index (κ3) is 7.50. The van der Waals surface area contributed by atoms with Crippen LogP contribution in [0, 0.1) is 0 Å². The summed E-state index contributed by atoms with van der Waals surface area (Å²) < 4.78 is 26.7. The van der Waals surface area contributed by atoms with Gasteiger partial charge in [0.2, 0.25) is 0 Å².